The Hall–Kier alpha value is -2.07. The molecule has 1 aliphatic heterocycles. The number of methoxy groups -OCH3 is 3. The van der Waals surface area contributed by atoms with Gasteiger partial charge >= 0.3 is 5.97 Å². The van der Waals surface area contributed by atoms with Crippen LogP contribution in [0.3, 0.4) is 0 Å². The number of carboxylic acid groups (broad SMARTS) is 1. The van der Waals surface area contributed by atoms with Gasteiger partial charge in [-0.15, -0.1) is 11.8 Å². The number of rotatable bonds is 8. The third-order valence-corrected chi connectivity index (χ3v) is 6.87. The van der Waals surface area contributed by atoms with Crippen LogP contribution in [-0.2, 0) is 14.4 Å². The maximum atomic E-state index is 13.1. The van der Waals surface area contributed by atoms with Crippen LogP contribution in [-0.4, -0.2) is 65.9 Å². The molecule has 1 fully saturated rings. The average Bonchev–Trinajstić information content (AvgIpc) is 3.15. The van der Waals surface area contributed by atoms with Gasteiger partial charge in [0.1, 0.15) is 11.4 Å². The summed E-state index contributed by atoms with van der Waals surface area (Å²) in [5.74, 6) is -0.0575. The molecule has 0 aliphatic carbocycles. The predicted octanol–water partition coefficient (Wildman–Crippen LogP) is 2.66. The highest BCUT2D eigenvalue weighted by Crippen LogP contribution is 2.47. The Morgan fingerprint density at radius 2 is 1.79 bits per heavy atom. The number of hydrogen-bond acceptors (Lipinski definition) is 8. The Kier molecular flexibility index (Phi) is 8.09. The molecular formula is C19H25NO7S2. The smallest absolute Gasteiger partial charge is 0.327 e. The standard InChI is InChI=1S/C19H25NO7S2/c1-10(8-28-11(2)21)17(22)20-13(19(23)24)9-29-18(20)12-6-14(25-3)16(27-5)15(7-12)26-4/h6-7,10,13,18H,8-9H2,1-5H3,(H,23,24)/t10-,13?,18?/m1/s1. The fraction of sp³-hybridized carbons (Fsp3) is 0.526. The van der Waals surface area contributed by atoms with Gasteiger partial charge in [0.2, 0.25) is 11.7 Å². The fourth-order valence-electron chi connectivity index (χ4n) is 3.03. The average molecular weight is 444 g/mol. The first kappa shape index (κ1) is 23.2. The van der Waals surface area contributed by atoms with Crippen molar-refractivity contribution < 1.29 is 33.7 Å². The second kappa shape index (κ2) is 10.1. The molecule has 1 aromatic rings. The van der Waals surface area contributed by atoms with Crippen LogP contribution >= 0.6 is 23.5 Å². The molecule has 0 radical (unpaired) electrons. The topological polar surface area (TPSA) is 102 Å². The van der Waals surface area contributed by atoms with Crippen molar-refractivity contribution in [2.24, 2.45) is 5.92 Å². The van der Waals surface area contributed by atoms with Gasteiger partial charge in [-0.3, -0.25) is 9.59 Å². The first-order valence-electron chi connectivity index (χ1n) is 8.84. The largest absolute Gasteiger partial charge is 0.493 e. The Morgan fingerprint density at radius 3 is 2.24 bits per heavy atom. The molecule has 1 amide bonds. The molecule has 1 aromatic carbocycles. The number of carbonyl (C=O) groups is 3. The van der Waals surface area contributed by atoms with Crippen LogP contribution in [0.15, 0.2) is 12.1 Å². The summed E-state index contributed by atoms with van der Waals surface area (Å²) in [4.78, 5) is 37.6. The van der Waals surface area contributed by atoms with Gasteiger partial charge in [0, 0.05) is 24.3 Å². The van der Waals surface area contributed by atoms with Crippen molar-refractivity contribution >= 4 is 40.5 Å². The monoisotopic (exact) mass is 443 g/mol. The number of hydrogen-bond donors (Lipinski definition) is 1. The van der Waals surface area contributed by atoms with Crippen molar-refractivity contribution in [3.63, 3.8) is 0 Å². The van der Waals surface area contributed by atoms with Crippen molar-refractivity contribution in [3.8, 4) is 17.2 Å². The molecule has 1 aliphatic rings. The minimum Gasteiger partial charge on any atom is -0.493 e. The van der Waals surface area contributed by atoms with E-state index in [9.17, 15) is 19.5 Å². The van der Waals surface area contributed by atoms with E-state index in [-0.39, 0.29) is 16.8 Å². The van der Waals surface area contributed by atoms with E-state index >= 15 is 0 Å². The number of aliphatic carboxylic acids is 1. The van der Waals surface area contributed by atoms with Crippen LogP contribution in [0.1, 0.15) is 24.8 Å². The lowest BCUT2D eigenvalue weighted by Gasteiger charge is -2.30. The summed E-state index contributed by atoms with van der Waals surface area (Å²) in [6.07, 6.45) is 0. The van der Waals surface area contributed by atoms with Crippen molar-refractivity contribution in [3.05, 3.63) is 17.7 Å². The summed E-state index contributed by atoms with van der Waals surface area (Å²) in [6.45, 7) is 3.14. The molecule has 10 heteroatoms. The van der Waals surface area contributed by atoms with Crippen LogP contribution in [0.25, 0.3) is 0 Å². The highest BCUT2D eigenvalue weighted by atomic mass is 32.2. The molecule has 2 rings (SSSR count). The van der Waals surface area contributed by atoms with Gasteiger partial charge in [-0.1, -0.05) is 18.7 Å². The van der Waals surface area contributed by atoms with Crippen LogP contribution in [0.2, 0.25) is 0 Å². The first-order chi connectivity index (χ1) is 13.7. The molecule has 0 spiro atoms. The number of benzene rings is 1. The zero-order valence-electron chi connectivity index (χ0n) is 17.0. The van der Waals surface area contributed by atoms with Gasteiger partial charge in [-0.05, 0) is 17.7 Å². The summed E-state index contributed by atoms with van der Waals surface area (Å²) in [5.41, 5.74) is 0.674. The number of carboxylic acids is 1. The molecule has 160 valence electrons. The van der Waals surface area contributed by atoms with E-state index in [1.807, 2.05) is 0 Å². The lowest BCUT2D eigenvalue weighted by molar-refractivity contribution is -0.150. The summed E-state index contributed by atoms with van der Waals surface area (Å²) >= 11 is 2.41. The molecule has 3 atom stereocenters. The maximum absolute atomic E-state index is 13.1. The molecule has 1 saturated heterocycles. The molecule has 8 nitrogen and oxygen atoms in total. The third-order valence-electron chi connectivity index (χ3n) is 4.47. The van der Waals surface area contributed by atoms with Crippen LogP contribution < -0.4 is 14.2 Å². The van der Waals surface area contributed by atoms with Crippen LogP contribution in [0, 0.1) is 5.92 Å². The number of amides is 1. The van der Waals surface area contributed by atoms with E-state index in [0.29, 0.717) is 28.6 Å². The number of carbonyl (C=O) groups excluding carboxylic acids is 2. The fourth-order valence-corrected chi connectivity index (χ4v) is 5.07. The van der Waals surface area contributed by atoms with E-state index < -0.39 is 23.3 Å². The van der Waals surface area contributed by atoms with Crippen molar-refractivity contribution in [1.82, 2.24) is 4.90 Å². The quantitative estimate of drug-likeness (QED) is 0.649. The van der Waals surface area contributed by atoms with Gasteiger partial charge in [-0.25, -0.2) is 4.79 Å². The molecular weight excluding hydrogens is 418 g/mol. The predicted molar refractivity (Wildman–Crippen MR) is 112 cm³/mol. The molecule has 2 unspecified atom stereocenters. The molecule has 0 bridgehead atoms. The summed E-state index contributed by atoms with van der Waals surface area (Å²) in [6, 6.07) is 2.48. The second-order valence-corrected chi connectivity index (χ2v) is 8.76. The second-order valence-electron chi connectivity index (χ2n) is 6.45. The maximum Gasteiger partial charge on any atom is 0.327 e. The van der Waals surface area contributed by atoms with E-state index in [0.717, 1.165) is 11.8 Å². The summed E-state index contributed by atoms with van der Waals surface area (Å²) in [5, 5.41) is 9.03. The van der Waals surface area contributed by atoms with E-state index in [2.05, 4.69) is 0 Å². The number of ether oxygens (including phenoxy) is 3. The zero-order chi connectivity index (χ0) is 21.7. The van der Waals surface area contributed by atoms with E-state index in [4.69, 9.17) is 14.2 Å². The summed E-state index contributed by atoms with van der Waals surface area (Å²) in [7, 11) is 4.48. The zero-order valence-corrected chi connectivity index (χ0v) is 18.6. The summed E-state index contributed by atoms with van der Waals surface area (Å²) < 4.78 is 16.1. The van der Waals surface area contributed by atoms with Gasteiger partial charge < -0.3 is 24.2 Å². The highest BCUT2D eigenvalue weighted by Gasteiger charge is 2.44. The minimum absolute atomic E-state index is 0.0867. The minimum atomic E-state index is -1.06. The Bertz CT molecular complexity index is 761. The van der Waals surface area contributed by atoms with E-state index in [1.54, 1.807) is 19.1 Å². The molecule has 0 aromatic heterocycles. The van der Waals surface area contributed by atoms with Crippen LogP contribution in [0.4, 0.5) is 0 Å². The number of nitrogens with zero attached hydrogens (tertiary/aromatic N) is 1. The lowest BCUT2D eigenvalue weighted by Crippen LogP contribution is -2.45. The van der Waals surface area contributed by atoms with E-state index in [1.165, 1.54) is 44.9 Å². The first-order valence-corrected chi connectivity index (χ1v) is 10.9. The van der Waals surface area contributed by atoms with Gasteiger partial charge in [0.15, 0.2) is 16.6 Å². The molecule has 1 heterocycles. The lowest BCUT2D eigenvalue weighted by atomic mass is 10.1. The Morgan fingerprint density at radius 1 is 1.21 bits per heavy atom. The molecule has 0 saturated carbocycles. The number of thioether (sulfide) groups is 2. The SMILES string of the molecule is COc1cc(C2SCC(C(=O)O)N2C(=O)[C@H](C)CSC(C)=O)cc(OC)c1OC. The third kappa shape index (κ3) is 5.11. The van der Waals surface area contributed by atoms with Crippen molar-refractivity contribution in [2.45, 2.75) is 25.3 Å². The van der Waals surface area contributed by atoms with Crippen molar-refractivity contribution in [1.29, 1.82) is 0 Å². The highest BCUT2D eigenvalue weighted by molar-refractivity contribution is 8.13. The van der Waals surface area contributed by atoms with Crippen molar-refractivity contribution in [2.75, 3.05) is 32.8 Å². The molecule has 1 N–H and O–H groups in total. The van der Waals surface area contributed by atoms with Gasteiger partial charge in [0.25, 0.3) is 0 Å². The normalized spacial score (nSPS) is 19.6. The van der Waals surface area contributed by atoms with Crippen LogP contribution in [0.5, 0.6) is 17.2 Å². The van der Waals surface area contributed by atoms with Gasteiger partial charge in [-0.2, -0.15) is 0 Å². The van der Waals surface area contributed by atoms with Gasteiger partial charge in [0.05, 0.1) is 21.3 Å². The Labute approximate surface area is 178 Å². The Balaban J connectivity index is 2.43. The molecule has 29 heavy (non-hydrogen) atoms.